The minimum atomic E-state index is -3.86. The molecule has 0 aliphatic heterocycles. The van der Waals surface area contributed by atoms with E-state index in [1.807, 2.05) is 6.92 Å². The molecule has 118 valence electrons. The van der Waals surface area contributed by atoms with Crippen LogP contribution in [0.1, 0.15) is 6.92 Å². The van der Waals surface area contributed by atoms with E-state index in [2.05, 4.69) is 4.72 Å². The first kappa shape index (κ1) is 16.5. The van der Waals surface area contributed by atoms with Crippen LogP contribution in [0.15, 0.2) is 47.4 Å². The first-order chi connectivity index (χ1) is 10.5. The monoisotopic (exact) mass is 341 g/mol. The molecule has 2 aromatic carbocycles. The summed E-state index contributed by atoms with van der Waals surface area (Å²) >= 11 is 5.89. The molecule has 0 saturated heterocycles. The van der Waals surface area contributed by atoms with Crippen LogP contribution in [0, 0.1) is 0 Å². The van der Waals surface area contributed by atoms with Crippen LogP contribution in [0.25, 0.3) is 0 Å². The number of anilines is 1. The molecule has 7 heteroatoms. The van der Waals surface area contributed by atoms with E-state index in [-0.39, 0.29) is 10.6 Å². The van der Waals surface area contributed by atoms with Crippen LogP contribution in [-0.2, 0) is 10.0 Å². The summed E-state index contributed by atoms with van der Waals surface area (Å²) in [6.45, 7) is 2.25. The van der Waals surface area contributed by atoms with Crippen molar-refractivity contribution in [1.82, 2.24) is 0 Å². The van der Waals surface area contributed by atoms with Gasteiger partial charge in [0, 0.05) is 5.02 Å². The number of halogens is 1. The summed E-state index contributed by atoms with van der Waals surface area (Å²) in [5.41, 5.74) is 0.353. The summed E-state index contributed by atoms with van der Waals surface area (Å²) in [4.78, 5) is -0.0335. The summed E-state index contributed by atoms with van der Waals surface area (Å²) in [5.74, 6) is 0.667. The SMILES string of the molecule is CCOc1ccccc1NS(=O)(=O)c1cc(Cl)ccc1OC. The van der Waals surface area contributed by atoms with Gasteiger partial charge in [0.1, 0.15) is 16.4 Å². The maximum Gasteiger partial charge on any atom is 0.265 e. The van der Waals surface area contributed by atoms with Crippen molar-refractivity contribution in [2.75, 3.05) is 18.4 Å². The molecule has 0 spiro atoms. The molecule has 1 N–H and O–H groups in total. The number of para-hydroxylation sites is 2. The van der Waals surface area contributed by atoms with Crippen LogP contribution in [0.2, 0.25) is 5.02 Å². The fraction of sp³-hybridized carbons (Fsp3) is 0.200. The van der Waals surface area contributed by atoms with E-state index >= 15 is 0 Å². The Balaban J connectivity index is 2.43. The van der Waals surface area contributed by atoms with Crippen molar-refractivity contribution in [2.45, 2.75) is 11.8 Å². The quantitative estimate of drug-likeness (QED) is 0.872. The minimum Gasteiger partial charge on any atom is -0.495 e. The summed E-state index contributed by atoms with van der Waals surface area (Å²) < 4.78 is 38.2. The van der Waals surface area contributed by atoms with Crippen molar-refractivity contribution in [3.63, 3.8) is 0 Å². The molecule has 2 rings (SSSR count). The standard InChI is InChI=1S/C15H16ClNO4S/c1-3-21-13-7-5-4-6-12(13)17-22(18,19)15-10-11(16)8-9-14(15)20-2/h4-10,17H,3H2,1-2H3. The zero-order chi connectivity index (χ0) is 16.2. The van der Waals surface area contributed by atoms with Crippen molar-refractivity contribution in [3.8, 4) is 11.5 Å². The van der Waals surface area contributed by atoms with Gasteiger partial charge >= 0.3 is 0 Å². The average molecular weight is 342 g/mol. The molecule has 5 nitrogen and oxygen atoms in total. The normalized spacial score (nSPS) is 11.0. The summed E-state index contributed by atoms with van der Waals surface area (Å²) in [6.07, 6.45) is 0. The van der Waals surface area contributed by atoms with E-state index in [1.165, 1.54) is 19.2 Å². The van der Waals surface area contributed by atoms with E-state index in [0.717, 1.165) is 0 Å². The number of hydrogen-bond acceptors (Lipinski definition) is 4. The highest BCUT2D eigenvalue weighted by Crippen LogP contribution is 2.31. The van der Waals surface area contributed by atoms with Gasteiger partial charge in [-0.05, 0) is 37.3 Å². The molecule has 22 heavy (non-hydrogen) atoms. The Hall–Kier alpha value is -1.92. The van der Waals surface area contributed by atoms with Gasteiger partial charge in [0.15, 0.2) is 0 Å². The van der Waals surface area contributed by atoms with Crippen LogP contribution in [0.3, 0.4) is 0 Å². The molecule has 0 aliphatic rings. The smallest absolute Gasteiger partial charge is 0.265 e. The maximum atomic E-state index is 12.6. The number of benzene rings is 2. The van der Waals surface area contributed by atoms with Crippen LogP contribution < -0.4 is 14.2 Å². The highest BCUT2D eigenvalue weighted by atomic mass is 35.5. The fourth-order valence-corrected chi connectivity index (χ4v) is 3.40. The number of hydrogen-bond donors (Lipinski definition) is 1. The van der Waals surface area contributed by atoms with Crippen molar-refractivity contribution in [3.05, 3.63) is 47.5 Å². The molecule has 0 aromatic heterocycles. The molecule has 0 radical (unpaired) electrons. The van der Waals surface area contributed by atoms with Crippen molar-refractivity contribution >= 4 is 27.3 Å². The van der Waals surface area contributed by atoms with Gasteiger partial charge in [-0.3, -0.25) is 4.72 Å². The molecule has 0 fully saturated rings. The predicted molar refractivity (Wildman–Crippen MR) is 86.4 cm³/mol. The summed E-state index contributed by atoms with van der Waals surface area (Å²) in [5, 5.41) is 0.305. The second kappa shape index (κ2) is 6.89. The zero-order valence-corrected chi connectivity index (χ0v) is 13.7. The Morgan fingerprint density at radius 1 is 1.14 bits per heavy atom. The molecule has 0 bridgehead atoms. The highest BCUT2D eigenvalue weighted by molar-refractivity contribution is 7.92. The van der Waals surface area contributed by atoms with E-state index in [9.17, 15) is 8.42 Å². The van der Waals surface area contributed by atoms with Gasteiger partial charge in [-0.15, -0.1) is 0 Å². The second-order valence-corrected chi connectivity index (χ2v) is 6.42. The van der Waals surface area contributed by atoms with Crippen LogP contribution in [-0.4, -0.2) is 22.1 Å². The lowest BCUT2D eigenvalue weighted by molar-refractivity contribution is 0.342. The van der Waals surface area contributed by atoms with E-state index in [1.54, 1.807) is 30.3 Å². The molecule has 0 atom stereocenters. The van der Waals surface area contributed by atoms with Crippen LogP contribution in [0.4, 0.5) is 5.69 Å². The molecular formula is C15H16ClNO4S. The van der Waals surface area contributed by atoms with Crippen molar-refractivity contribution in [2.24, 2.45) is 0 Å². The molecule has 0 heterocycles. The molecule has 0 aliphatic carbocycles. The summed E-state index contributed by atoms with van der Waals surface area (Å²) in [7, 11) is -2.46. The highest BCUT2D eigenvalue weighted by Gasteiger charge is 2.21. The lowest BCUT2D eigenvalue weighted by Gasteiger charge is -2.14. The fourth-order valence-electron chi connectivity index (χ4n) is 1.89. The van der Waals surface area contributed by atoms with Crippen LogP contribution in [0.5, 0.6) is 11.5 Å². The third-order valence-corrected chi connectivity index (χ3v) is 4.47. The summed E-state index contributed by atoms with van der Waals surface area (Å²) in [6, 6.07) is 11.2. The molecule has 0 amide bonds. The Labute approximate surface area is 134 Å². The topological polar surface area (TPSA) is 64.6 Å². The number of rotatable bonds is 6. The van der Waals surface area contributed by atoms with Crippen molar-refractivity contribution < 1.29 is 17.9 Å². The number of ether oxygens (including phenoxy) is 2. The van der Waals surface area contributed by atoms with E-state index in [0.29, 0.717) is 23.1 Å². The first-order valence-electron chi connectivity index (χ1n) is 6.56. The Bertz CT molecular complexity index is 762. The number of nitrogens with one attached hydrogen (secondary N) is 1. The molecule has 0 unspecified atom stereocenters. The van der Waals surface area contributed by atoms with Gasteiger partial charge in [0.05, 0.1) is 19.4 Å². The maximum absolute atomic E-state index is 12.6. The number of methoxy groups -OCH3 is 1. The average Bonchev–Trinajstić information content (AvgIpc) is 2.49. The molecular weight excluding hydrogens is 326 g/mol. The minimum absolute atomic E-state index is 0.0335. The first-order valence-corrected chi connectivity index (χ1v) is 8.42. The Morgan fingerprint density at radius 3 is 2.55 bits per heavy atom. The largest absolute Gasteiger partial charge is 0.495 e. The third-order valence-electron chi connectivity index (χ3n) is 2.85. The zero-order valence-electron chi connectivity index (χ0n) is 12.2. The van der Waals surface area contributed by atoms with Gasteiger partial charge < -0.3 is 9.47 Å². The van der Waals surface area contributed by atoms with Gasteiger partial charge in [-0.1, -0.05) is 23.7 Å². The van der Waals surface area contributed by atoms with Crippen molar-refractivity contribution in [1.29, 1.82) is 0 Å². The Kier molecular flexibility index (Phi) is 5.15. The molecule has 0 saturated carbocycles. The Morgan fingerprint density at radius 2 is 1.86 bits per heavy atom. The van der Waals surface area contributed by atoms with Crippen LogP contribution >= 0.6 is 11.6 Å². The lowest BCUT2D eigenvalue weighted by atomic mass is 10.3. The van der Waals surface area contributed by atoms with E-state index in [4.69, 9.17) is 21.1 Å². The van der Waals surface area contributed by atoms with Gasteiger partial charge in [0.2, 0.25) is 0 Å². The van der Waals surface area contributed by atoms with Gasteiger partial charge in [-0.2, -0.15) is 0 Å². The lowest BCUT2D eigenvalue weighted by Crippen LogP contribution is -2.15. The third kappa shape index (κ3) is 3.64. The van der Waals surface area contributed by atoms with Gasteiger partial charge in [0.25, 0.3) is 10.0 Å². The van der Waals surface area contributed by atoms with E-state index < -0.39 is 10.0 Å². The number of sulfonamides is 1. The molecule has 2 aromatic rings. The second-order valence-electron chi connectivity index (χ2n) is 4.33. The predicted octanol–water partition coefficient (Wildman–Crippen LogP) is 3.55. The van der Waals surface area contributed by atoms with Gasteiger partial charge in [-0.25, -0.2) is 8.42 Å².